The van der Waals surface area contributed by atoms with Crippen molar-refractivity contribution in [3.63, 3.8) is 0 Å². The van der Waals surface area contributed by atoms with Crippen LogP contribution in [-0.4, -0.2) is 14.2 Å². The smallest absolute Gasteiger partial charge is 0.161 e. The third-order valence-electron chi connectivity index (χ3n) is 3.61. The average Bonchev–Trinajstić information content (AvgIpc) is 2.83. The Kier molecular flexibility index (Phi) is 5.26. The van der Waals surface area contributed by atoms with Gasteiger partial charge in [0, 0.05) is 22.3 Å². The number of rotatable bonds is 6. The van der Waals surface area contributed by atoms with E-state index in [2.05, 4.69) is 38.2 Å². The molecule has 0 bridgehead atoms. The number of ether oxygens (including phenoxy) is 2. The number of hydrogen-bond donors (Lipinski definition) is 1. The normalized spacial score (nSPS) is 12.2. The van der Waals surface area contributed by atoms with Crippen LogP contribution in [-0.2, 0) is 6.54 Å². The molecule has 21 heavy (non-hydrogen) atoms. The molecule has 0 spiro atoms. The molecule has 2 rings (SSSR count). The lowest BCUT2D eigenvalue weighted by molar-refractivity contribution is 0.354. The standard InChI is InChI=1S/C17H23NO2S/c1-11-8-15(13(3)21-11)12(2)18-10-14-6-7-16(19-4)17(9-14)20-5/h6-9,12,18H,10H2,1-5H3. The van der Waals surface area contributed by atoms with E-state index in [-0.39, 0.29) is 0 Å². The van der Waals surface area contributed by atoms with Crippen molar-refractivity contribution >= 4 is 11.3 Å². The van der Waals surface area contributed by atoms with Crippen LogP contribution in [0, 0.1) is 13.8 Å². The lowest BCUT2D eigenvalue weighted by atomic mass is 10.1. The van der Waals surface area contributed by atoms with Crippen molar-refractivity contribution in [2.24, 2.45) is 0 Å². The van der Waals surface area contributed by atoms with E-state index in [4.69, 9.17) is 9.47 Å². The molecule has 4 heteroatoms. The van der Waals surface area contributed by atoms with E-state index in [1.54, 1.807) is 14.2 Å². The highest BCUT2D eigenvalue weighted by Gasteiger charge is 2.11. The minimum Gasteiger partial charge on any atom is -0.493 e. The van der Waals surface area contributed by atoms with Crippen LogP contribution in [0.15, 0.2) is 24.3 Å². The van der Waals surface area contributed by atoms with Gasteiger partial charge in [0.1, 0.15) is 0 Å². The monoisotopic (exact) mass is 305 g/mol. The molecule has 1 atom stereocenters. The van der Waals surface area contributed by atoms with E-state index in [9.17, 15) is 0 Å². The Morgan fingerprint density at radius 3 is 2.38 bits per heavy atom. The van der Waals surface area contributed by atoms with Gasteiger partial charge in [-0.15, -0.1) is 11.3 Å². The zero-order valence-electron chi connectivity index (χ0n) is 13.3. The van der Waals surface area contributed by atoms with Gasteiger partial charge in [-0.3, -0.25) is 0 Å². The van der Waals surface area contributed by atoms with Crippen LogP contribution in [0.2, 0.25) is 0 Å². The van der Waals surface area contributed by atoms with E-state index < -0.39 is 0 Å². The van der Waals surface area contributed by atoms with Crippen LogP contribution in [0.5, 0.6) is 11.5 Å². The number of benzene rings is 1. The van der Waals surface area contributed by atoms with E-state index in [1.807, 2.05) is 23.5 Å². The van der Waals surface area contributed by atoms with Crippen molar-refractivity contribution < 1.29 is 9.47 Å². The first-order valence-electron chi connectivity index (χ1n) is 7.06. The molecule has 3 nitrogen and oxygen atoms in total. The summed E-state index contributed by atoms with van der Waals surface area (Å²) in [7, 11) is 3.31. The molecule has 0 saturated carbocycles. The topological polar surface area (TPSA) is 30.5 Å². The van der Waals surface area contributed by atoms with Gasteiger partial charge < -0.3 is 14.8 Å². The average molecular weight is 305 g/mol. The minimum absolute atomic E-state index is 0.336. The molecule has 1 aromatic heterocycles. The van der Waals surface area contributed by atoms with Crippen LogP contribution < -0.4 is 14.8 Å². The van der Waals surface area contributed by atoms with Gasteiger partial charge in [-0.25, -0.2) is 0 Å². The maximum Gasteiger partial charge on any atom is 0.161 e. The Labute approximate surface area is 130 Å². The number of aryl methyl sites for hydroxylation is 2. The van der Waals surface area contributed by atoms with E-state index >= 15 is 0 Å². The summed E-state index contributed by atoms with van der Waals surface area (Å²) in [6, 6.07) is 8.63. The van der Waals surface area contributed by atoms with Crippen LogP contribution in [0.4, 0.5) is 0 Å². The van der Waals surface area contributed by atoms with Crippen molar-refractivity contribution in [2.75, 3.05) is 14.2 Å². The second-order valence-corrected chi connectivity index (χ2v) is 6.62. The second kappa shape index (κ2) is 6.96. The molecule has 0 aliphatic rings. The predicted octanol–water partition coefficient (Wildman–Crippen LogP) is 4.23. The van der Waals surface area contributed by atoms with Crippen LogP contribution in [0.1, 0.15) is 33.8 Å². The zero-order valence-corrected chi connectivity index (χ0v) is 14.1. The molecule has 1 unspecified atom stereocenters. The molecule has 0 aliphatic heterocycles. The Balaban J connectivity index is 2.04. The molecule has 0 saturated heterocycles. The first kappa shape index (κ1) is 15.9. The lowest BCUT2D eigenvalue weighted by Crippen LogP contribution is -2.18. The predicted molar refractivity (Wildman–Crippen MR) is 88.6 cm³/mol. The highest BCUT2D eigenvalue weighted by Crippen LogP contribution is 2.29. The Hall–Kier alpha value is -1.52. The van der Waals surface area contributed by atoms with Crippen molar-refractivity contribution in [3.8, 4) is 11.5 Å². The summed E-state index contributed by atoms with van der Waals surface area (Å²) in [4.78, 5) is 2.75. The fourth-order valence-corrected chi connectivity index (χ4v) is 3.47. The lowest BCUT2D eigenvalue weighted by Gasteiger charge is -2.15. The fraction of sp³-hybridized carbons (Fsp3) is 0.412. The highest BCUT2D eigenvalue weighted by molar-refractivity contribution is 7.12. The summed E-state index contributed by atoms with van der Waals surface area (Å²) in [5.74, 6) is 1.53. The van der Waals surface area contributed by atoms with Gasteiger partial charge in [0.2, 0.25) is 0 Å². The number of methoxy groups -OCH3 is 2. The Morgan fingerprint density at radius 2 is 1.81 bits per heavy atom. The largest absolute Gasteiger partial charge is 0.493 e. The van der Waals surface area contributed by atoms with E-state index in [1.165, 1.54) is 20.9 Å². The van der Waals surface area contributed by atoms with Gasteiger partial charge in [-0.2, -0.15) is 0 Å². The van der Waals surface area contributed by atoms with Gasteiger partial charge in [0.25, 0.3) is 0 Å². The summed E-state index contributed by atoms with van der Waals surface area (Å²) < 4.78 is 10.6. The zero-order chi connectivity index (χ0) is 15.4. The maximum absolute atomic E-state index is 5.34. The Bertz CT molecular complexity index is 607. The molecule has 0 amide bonds. The maximum atomic E-state index is 5.34. The number of nitrogens with one attached hydrogen (secondary N) is 1. The highest BCUT2D eigenvalue weighted by atomic mass is 32.1. The van der Waals surface area contributed by atoms with Gasteiger partial charge in [0.05, 0.1) is 14.2 Å². The molecule has 0 aliphatic carbocycles. The van der Waals surface area contributed by atoms with Gasteiger partial charge >= 0.3 is 0 Å². The SMILES string of the molecule is COc1ccc(CNC(C)c2cc(C)sc2C)cc1OC. The molecule has 114 valence electrons. The second-order valence-electron chi connectivity index (χ2n) is 5.16. The number of thiophene rings is 1. The first-order valence-corrected chi connectivity index (χ1v) is 7.88. The molecular weight excluding hydrogens is 282 g/mol. The third kappa shape index (κ3) is 3.77. The molecule has 1 heterocycles. The van der Waals surface area contributed by atoms with Crippen LogP contribution >= 0.6 is 11.3 Å². The van der Waals surface area contributed by atoms with Crippen molar-refractivity contribution in [1.29, 1.82) is 0 Å². The first-order chi connectivity index (χ1) is 10.0. The van der Waals surface area contributed by atoms with E-state index in [0.717, 1.165) is 18.0 Å². The third-order valence-corrected chi connectivity index (χ3v) is 4.59. The van der Waals surface area contributed by atoms with E-state index in [0.29, 0.717) is 6.04 Å². The van der Waals surface area contributed by atoms with Crippen LogP contribution in [0.25, 0.3) is 0 Å². The summed E-state index contributed by atoms with van der Waals surface area (Å²) in [5, 5.41) is 3.57. The minimum atomic E-state index is 0.336. The fourth-order valence-electron chi connectivity index (χ4n) is 2.45. The molecular formula is C17H23NO2S. The van der Waals surface area contributed by atoms with Gasteiger partial charge in [-0.1, -0.05) is 6.07 Å². The van der Waals surface area contributed by atoms with Gasteiger partial charge in [-0.05, 0) is 50.1 Å². The summed E-state index contributed by atoms with van der Waals surface area (Å²) in [5.41, 5.74) is 2.57. The summed E-state index contributed by atoms with van der Waals surface area (Å²) in [6.07, 6.45) is 0. The number of hydrogen-bond acceptors (Lipinski definition) is 4. The van der Waals surface area contributed by atoms with Crippen molar-refractivity contribution in [2.45, 2.75) is 33.4 Å². The molecule has 1 N–H and O–H groups in total. The Morgan fingerprint density at radius 1 is 1.10 bits per heavy atom. The molecule has 0 radical (unpaired) electrons. The van der Waals surface area contributed by atoms with Crippen LogP contribution in [0.3, 0.4) is 0 Å². The van der Waals surface area contributed by atoms with Crippen molar-refractivity contribution in [1.82, 2.24) is 5.32 Å². The summed E-state index contributed by atoms with van der Waals surface area (Å²) >= 11 is 1.85. The molecule has 2 aromatic rings. The molecule has 1 aromatic carbocycles. The van der Waals surface area contributed by atoms with Gasteiger partial charge in [0.15, 0.2) is 11.5 Å². The quantitative estimate of drug-likeness (QED) is 0.866. The van der Waals surface area contributed by atoms with Crippen molar-refractivity contribution in [3.05, 3.63) is 45.1 Å². The summed E-state index contributed by atoms with van der Waals surface area (Å²) in [6.45, 7) is 7.34. The molecule has 0 fully saturated rings.